The number of halogens is 1. The minimum atomic E-state index is 0. The summed E-state index contributed by atoms with van der Waals surface area (Å²) in [5, 5.41) is 6.35. The van der Waals surface area contributed by atoms with E-state index in [0.717, 1.165) is 42.1 Å². The van der Waals surface area contributed by atoms with Gasteiger partial charge in [-0.2, -0.15) is 0 Å². The summed E-state index contributed by atoms with van der Waals surface area (Å²) in [5.74, 6) is 2.19. The zero-order valence-corrected chi connectivity index (χ0v) is 16.2. The molecule has 4 nitrogen and oxygen atoms in total. The topological polar surface area (TPSA) is 50.4 Å². The predicted molar refractivity (Wildman–Crippen MR) is 109 cm³/mol. The fraction of sp³-hybridized carbons (Fsp3) is 0.381. The van der Waals surface area contributed by atoms with Crippen molar-refractivity contribution in [3.63, 3.8) is 0 Å². The minimum absolute atomic E-state index is 0. The largest absolute Gasteiger partial charge is 0.455 e. The molecule has 1 amide bonds. The SMILES string of the molecule is Cc1cccc(C)c1Oc1ccccc1NC(=O)CCC1CCNC1.Cl. The molecule has 0 radical (unpaired) electrons. The van der Waals surface area contributed by atoms with Gasteiger partial charge in [-0.15, -0.1) is 12.4 Å². The number of amides is 1. The zero-order chi connectivity index (χ0) is 17.6. The summed E-state index contributed by atoms with van der Waals surface area (Å²) >= 11 is 0. The van der Waals surface area contributed by atoms with E-state index in [9.17, 15) is 4.79 Å². The normalized spacial score (nSPS) is 16.0. The number of benzene rings is 2. The first kappa shape index (κ1) is 20.3. The summed E-state index contributed by atoms with van der Waals surface area (Å²) in [4.78, 5) is 12.3. The number of ether oxygens (including phenoxy) is 1. The van der Waals surface area contributed by atoms with Crippen LogP contribution in [0.4, 0.5) is 5.69 Å². The Morgan fingerprint density at radius 1 is 1.15 bits per heavy atom. The van der Waals surface area contributed by atoms with Gasteiger partial charge in [0.15, 0.2) is 5.75 Å². The van der Waals surface area contributed by atoms with Crippen LogP contribution in [-0.4, -0.2) is 19.0 Å². The summed E-state index contributed by atoms with van der Waals surface area (Å²) in [6.07, 6.45) is 2.64. The summed E-state index contributed by atoms with van der Waals surface area (Å²) in [6.45, 7) is 6.15. The molecule has 0 spiro atoms. The van der Waals surface area contributed by atoms with Crippen LogP contribution in [0, 0.1) is 19.8 Å². The Kier molecular flexibility index (Phi) is 7.49. The number of hydrogen-bond acceptors (Lipinski definition) is 3. The summed E-state index contributed by atoms with van der Waals surface area (Å²) in [7, 11) is 0. The first-order valence-corrected chi connectivity index (χ1v) is 8.97. The molecule has 3 rings (SSSR count). The van der Waals surface area contributed by atoms with Crippen LogP contribution in [0.3, 0.4) is 0 Å². The van der Waals surface area contributed by atoms with Gasteiger partial charge in [0.25, 0.3) is 0 Å². The van der Waals surface area contributed by atoms with E-state index in [0.29, 0.717) is 18.1 Å². The Labute approximate surface area is 161 Å². The van der Waals surface area contributed by atoms with Crippen molar-refractivity contribution in [2.45, 2.75) is 33.1 Å². The second kappa shape index (κ2) is 9.60. The Hall–Kier alpha value is -2.04. The molecule has 1 saturated heterocycles. The third-order valence-corrected chi connectivity index (χ3v) is 4.72. The molecule has 0 aromatic heterocycles. The minimum Gasteiger partial charge on any atom is -0.455 e. The second-order valence-electron chi connectivity index (χ2n) is 6.76. The highest BCUT2D eigenvalue weighted by Gasteiger charge is 2.16. The highest BCUT2D eigenvalue weighted by Crippen LogP contribution is 2.33. The smallest absolute Gasteiger partial charge is 0.224 e. The second-order valence-corrected chi connectivity index (χ2v) is 6.76. The zero-order valence-electron chi connectivity index (χ0n) is 15.4. The van der Waals surface area contributed by atoms with Crippen LogP contribution in [0.1, 0.15) is 30.4 Å². The van der Waals surface area contributed by atoms with Gasteiger partial charge in [-0.05, 0) is 69.0 Å². The molecule has 140 valence electrons. The third-order valence-electron chi connectivity index (χ3n) is 4.72. The highest BCUT2D eigenvalue weighted by atomic mass is 35.5. The number of hydrogen-bond donors (Lipinski definition) is 2. The van der Waals surface area contributed by atoms with Gasteiger partial charge in [-0.3, -0.25) is 4.79 Å². The lowest BCUT2D eigenvalue weighted by atomic mass is 10.0. The molecule has 2 N–H and O–H groups in total. The third kappa shape index (κ3) is 5.23. The maximum absolute atomic E-state index is 12.3. The number of carbonyl (C=O) groups excluding carboxylic acids is 1. The number of rotatable bonds is 6. The van der Waals surface area contributed by atoms with Crippen LogP contribution in [0.15, 0.2) is 42.5 Å². The van der Waals surface area contributed by atoms with Crippen molar-refractivity contribution in [2.75, 3.05) is 18.4 Å². The molecular weight excluding hydrogens is 348 g/mol. The van der Waals surface area contributed by atoms with Gasteiger partial charge in [0.1, 0.15) is 5.75 Å². The Morgan fingerprint density at radius 2 is 1.88 bits per heavy atom. The van der Waals surface area contributed by atoms with Gasteiger partial charge >= 0.3 is 0 Å². The van der Waals surface area contributed by atoms with Crippen LogP contribution in [0.5, 0.6) is 11.5 Å². The van der Waals surface area contributed by atoms with Crippen LogP contribution in [0.25, 0.3) is 0 Å². The monoisotopic (exact) mass is 374 g/mol. The van der Waals surface area contributed by atoms with Crippen LogP contribution >= 0.6 is 12.4 Å². The van der Waals surface area contributed by atoms with E-state index in [4.69, 9.17) is 4.74 Å². The van der Waals surface area contributed by atoms with E-state index in [2.05, 4.69) is 10.6 Å². The van der Waals surface area contributed by atoms with Crippen LogP contribution < -0.4 is 15.4 Å². The van der Waals surface area contributed by atoms with Crippen molar-refractivity contribution in [3.05, 3.63) is 53.6 Å². The molecule has 1 unspecified atom stereocenters. The van der Waals surface area contributed by atoms with E-state index in [1.165, 1.54) is 6.42 Å². The quantitative estimate of drug-likeness (QED) is 0.760. The van der Waals surface area contributed by atoms with Gasteiger partial charge < -0.3 is 15.4 Å². The van der Waals surface area contributed by atoms with E-state index < -0.39 is 0 Å². The summed E-state index contributed by atoms with van der Waals surface area (Å²) < 4.78 is 6.13. The molecule has 0 aliphatic carbocycles. The molecular formula is C21H27ClN2O2. The van der Waals surface area contributed by atoms with E-state index in [1.807, 2.05) is 56.3 Å². The summed E-state index contributed by atoms with van der Waals surface area (Å²) in [6, 6.07) is 13.7. The number of para-hydroxylation sites is 3. The van der Waals surface area contributed by atoms with Crippen molar-refractivity contribution >= 4 is 24.0 Å². The summed E-state index contributed by atoms with van der Waals surface area (Å²) in [5.41, 5.74) is 2.88. The molecule has 1 heterocycles. The number of nitrogens with one attached hydrogen (secondary N) is 2. The molecule has 0 saturated carbocycles. The first-order valence-electron chi connectivity index (χ1n) is 8.97. The van der Waals surface area contributed by atoms with Crippen molar-refractivity contribution in [1.82, 2.24) is 5.32 Å². The van der Waals surface area contributed by atoms with Crippen molar-refractivity contribution in [1.29, 1.82) is 0 Å². The molecule has 2 aromatic rings. The number of aryl methyl sites for hydroxylation is 2. The average molecular weight is 375 g/mol. The molecule has 0 bridgehead atoms. The van der Waals surface area contributed by atoms with E-state index in [1.54, 1.807) is 0 Å². The number of anilines is 1. The molecule has 5 heteroatoms. The van der Waals surface area contributed by atoms with Crippen molar-refractivity contribution in [2.24, 2.45) is 5.92 Å². The lowest BCUT2D eigenvalue weighted by Crippen LogP contribution is -2.15. The number of carbonyl (C=O) groups is 1. The highest BCUT2D eigenvalue weighted by molar-refractivity contribution is 5.92. The lowest BCUT2D eigenvalue weighted by Gasteiger charge is -2.15. The van der Waals surface area contributed by atoms with Gasteiger partial charge in [0.2, 0.25) is 5.91 Å². The maximum Gasteiger partial charge on any atom is 0.224 e. The lowest BCUT2D eigenvalue weighted by molar-refractivity contribution is -0.116. The van der Waals surface area contributed by atoms with E-state index in [-0.39, 0.29) is 18.3 Å². The Balaban J connectivity index is 0.00000243. The Morgan fingerprint density at radius 3 is 2.58 bits per heavy atom. The molecule has 26 heavy (non-hydrogen) atoms. The van der Waals surface area contributed by atoms with Crippen molar-refractivity contribution < 1.29 is 9.53 Å². The van der Waals surface area contributed by atoms with E-state index >= 15 is 0 Å². The first-order chi connectivity index (χ1) is 12.1. The standard InChI is InChI=1S/C21H26N2O2.ClH/c1-15-6-5-7-16(2)21(15)25-19-9-4-3-8-18(19)23-20(24)11-10-17-12-13-22-14-17;/h3-9,17,22H,10-14H2,1-2H3,(H,23,24);1H. The van der Waals surface area contributed by atoms with Gasteiger partial charge in [0.05, 0.1) is 5.69 Å². The molecule has 2 aromatic carbocycles. The van der Waals surface area contributed by atoms with Crippen molar-refractivity contribution in [3.8, 4) is 11.5 Å². The fourth-order valence-corrected chi connectivity index (χ4v) is 3.24. The molecule has 1 atom stereocenters. The van der Waals surface area contributed by atoms with Crippen LogP contribution in [-0.2, 0) is 4.79 Å². The maximum atomic E-state index is 12.3. The molecule has 1 fully saturated rings. The van der Waals surface area contributed by atoms with Crippen LogP contribution in [0.2, 0.25) is 0 Å². The average Bonchev–Trinajstić information content (AvgIpc) is 3.11. The van der Waals surface area contributed by atoms with Gasteiger partial charge in [-0.25, -0.2) is 0 Å². The van der Waals surface area contributed by atoms with Gasteiger partial charge in [0, 0.05) is 6.42 Å². The predicted octanol–water partition coefficient (Wildman–Crippen LogP) is 4.85. The Bertz CT molecular complexity index is 722. The fourth-order valence-electron chi connectivity index (χ4n) is 3.24. The molecule has 1 aliphatic rings. The molecule has 1 aliphatic heterocycles. The van der Waals surface area contributed by atoms with Gasteiger partial charge in [-0.1, -0.05) is 30.3 Å².